The molecule has 31 heavy (non-hydrogen) atoms. The van der Waals surface area contributed by atoms with E-state index >= 15 is 0 Å². The van der Waals surface area contributed by atoms with Crippen LogP contribution in [0.4, 0.5) is 13.2 Å². The number of hydrogen-bond acceptors (Lipinski definition) is 7. The number of nitrogens with zero attached hydrogens (tertiary/aromatic N) is 4. The fourth-order valence-electron chi connectivity index (χ4n) is 2.66. The first kappa shape index (κ1) is 23.3. The molecule has 0 bridgehead atoms. The first-order chi connectivity index (χ1) is 14.6. The third-order valence-corrected chi connectivity index (χ3v) is 7.74. The van der Waals surface area contributed by atoms with E-state index in [-0.39, 0.29) is 39.6 Å². The van der Waals surface area contributed by atoms with Gasteiger partial charge in [-0.3, -0.25) is 0 Å². The zero-order valence-electron chi connectivity index (χ0n) is 16.3. The second-order valence-electron chi connectivity index (χ2n) is 6.08. The topological polar surface area (TPSA) is 105 Å². The highest BCUT2D eigenvalue weighted by Gasteiger charge is 2.35. The lowest BCUT2D eigenvalue weighted by molar-refractivity contribution is -0.0319. The average molecular weight is 489 g/mol. The van der Waals surface area contributed by atoms with Crippen molar-refractivity contribution in [2.24, 2.45) is 7.05 Å². The molecule has 164 valence electrons. The van der Waals surface area contributed by atoms with Gasteiger partial charge in [0.25, 0.3) is 0 Å². The minimum Gasteiger partial charge on any atom is -0.325 e. The van der Waals surface area contributed by atoms with E-state index in [0.717, 1.165) is 29.0 Å². The highest BCUT2D eigenvalue weighted by molar-refractivity contribution is 8.03. The lowest BCUT2D eigenvalue weighted by Gasteiger charge is -2.04. The van der Waals surface area contributed by atoms with Crippen LogP contribution in [-0.4, -0.2) is 41.5 Å². The smallest absolute Gasteiger partial charge is 0.325 e. The van der Waals surface area contributed by atoms with Crippen LogP contribution in [0.5, 0.6) is 0 Å². The summed E-state index contributed by atoms with van der Waals surface area (Å²) in [6, 6.07) is 3.18. The highest BCUT2D eigenvalue weighted by atomic mass is 32.3. The van der Waals surface area contributed by atoms with Gasteiger partial charge in [0.1, 0.15) is 10.6 Å². The summed E-state index contributed by atoms with van der Waals surface area (Å²) in [6.45, 7) is 1.58. The van der Waals surface area contributed by atoms with Crippen LogP contribution < -0.4 is 0 Å². The molecule has 1 atom stereocenters. The molecule has 0 aliphatic rings. The molecule has 1 unspecified atom stereocenters. The van der Waals surface area contributed by atoms with E-state index in [1.807, 2.05) is 0 Å². The normalized spacial score (nSPS) is 14.1. The van der Waals surface area contributed by atoms with Gasteiger partial charge in [-0.1, -0.05) is 4.21 Å². The SMILES string of the molecule is CC[S+](=O)(O)c1cc(-c2ncccn2)sc1-c1nc(/C=C/SC(F)(F)F)c(C=N)n1C. The third kappa shape index (κ3) is 5.11. The number of nitrogens with one attached hydrogen (secondary N) is 1. The van der Waals surface area contributed by atoms with Crippen molar-refractivity contribution in [1.29, 1.82) is 5.41 Å². The second-order valence-corrected chi connectivity index (χ2v) is 10.4. The summed E-state index contributed by atoms with van der Waals surface area (Å²) in [5, 5.41) is 8.49. The fourth-order valence-corrected chi connectivity index (χ4v) is 5.63. The lowest BCUT2D eigenvalue weighted by atomic mass is 10.3. The summed E-state index contributed by atoms with van der Waals surface area (Å²) < 4.78 is 62.2. The monoisotopic (exact) mass is 488 g/mol. The minimum atomic E-state index is -4.44. The molecule has 13 heteroatoms. The van der Waals surface area contributed by atoms with Crippen LogP contribution in [0.25, 0.3) is 27.5 Å². The summed E-state index contributed by atoms with van der Waals surface area (Å²) in [5.41, 5.74) is -4.04. The van der Waals surface area contributed by atoms with Crippen molar-refractivity contribution < 1.29 is 21.9 Å². The Morgan fingerprint density at radius 1 is 1.35 bits per heavy atom. The summed E-state index contributed by atoms with van der Waals surface area (Å²) in [4.78, 5) is 13.8. The van der Waals surface area contributed by atoms with E-state index < -0.39 is 15.7 Å². The molecule has 7 nitrogen and oxygen atoms in total. The van der Waals surface area contributed by atoms with Gasteiger partial charge in [0.05, 0.1) is 16.3 Å². The molecule has 0 aromatic carbocycles. The molecule has 0 aliphatic heterocycles. The zero-order chi connectivity index (χ0) is 22.8. The minimum absolute atomic E-state index is 0.0390. The molecule has 3 aromatic heterocycles. The molecule has 0 amide bonds. The average Bonchev–Trinajstić information content (AvgIpc) is 3.29. The number of hydrogen-bond donors (Lipinski definition) is 2. The zero-order valence-corrected chi connectivity index (χ0v) is 18.7. The van der Waals surface area contributed by atoms with Crippen LogP contribution in [0.2, 0.25) is 0 Å². The van der Waals surface area contributed by atoms with Gasteiger partial charge in [-0.25, -0.2) is 15.0 Å². The molecule has 0 saturated carbocycles. The summed E-state index contributed by atoms with van der Waals surface area (Å²) in [5.74, 6) is 0.588. The molecule has 2 N–H and O–H groups in total. The van der Waals surface area contributed by atoms with E-state index in [1.165, 1.54) is 10.6 Å². The van der Waals surface area contributed by atoms with E-state index in [4.69, 9.17) is 5.41 Å². The third-order valence-electron chi connectivity index (χ3n) is 4.15. The van der Waals surface area contributed by atoms with Gasteiger partial charge in [-0.05, 0) is 36.2 Å². The van der Waals surface area contributed by atoms with Gasteiger partial charge in [0.2, 0.25) is 15.1 Å². The van der Waals surface area contributed by atoms with Crippen molar-refractivity contribution >= 4 is 45.6 Å². The number of imidazole rings is 1. The van der Waals surface area contributed by atoms with Crippen LogP contribution in [0, 0.1) is 5.41 Å². The van der Waals surface area contributed by atoms with Crippen LogP contribution >= 0.6 is 23.1 Å². The Labute approximate surface area is 185 Å². The van der Waals surface area contributed by atoms with Crippen molar-refractivity contribution in [1.82, 2.24) is 19.5 Å². The Balaban J connectivity index is 2.16. The van der Waals surface area contributed by atoms with Crippen molar-refractivity contribution in [3.8, 4) is 21.4 Å². The molecule has 0 saturated heterocycles. The molecular weight excluding hydrogens is 471 g/mol. The van der Waals surface area contributed by atoms with Crippen molar-refractivity contribution in [3.63, 3.8) is 0 Å². The Hall–Kier alpha value is -2.35. The molecular formula is C18H17F3N5O2S3+. The summed E-state index contributed by atoms with van der Waals surface area (Å²) in [7, 11) is -1.82. The molecule has 3 rings (SSSR count). The number of rotatable bonds is 7. The first-order valence-corrected chi connectivity index (χ1v) is 12.1. The first-order valence-electron chi connectivity index (χ1n) is 8.71. The van der Waals surface area contributed by atoms with Crippen LogP contribution in [0.15, 0.2) is 34.8 Å². The summed E-state index contributed by atoms with van der Waals surface area (Å²) in [6.07, 6.45) is 5.23. The van der Waals surface area contributed by atoms with Gasteiger partial charge in [0, 0.05) is 31.7 Å². The number of aromatic nitrogens is 4. The van der Waals surface area contributed by atoms with E-state index in [9.17, 15) is 21.9 Å². The number of halogens is 3. The molecule has 0 spiro atoms. The van der Waals surface area contributed by atoms with Crippen molar-refractivity contribution in [2.45, 2.75) is 17.3 Å². The van der Waals surface area contributed by atoms with Gasteiger partial charge in [-0.2, -0.15) is 17.7 Å². The quantitative estimate of drug-likeness (QED) is 0.351. The Kier molecular flexibility index (Phi) is 6.79. The molecule has 0 aliphatic carbocycles. The van der Waals surface area contributed by atoms with Gasteiger partial charge in [-0.15, -0.1) is 11.3 Å². The summed E-state index contributed by atoms with van der Waals surface area (Å²) >= 11 is 0.817. The van der Waals surface area contributed by atoms with Gasteiger partial charge < -0.3 is 9.98 Å². The van der Waals surface area contributed by atoms with Crippen molar-refractivity contribution in [2.75, 3.05) is 5.75 Å². The number of alkyl halides is 3. The molecule has 0 radical (unpaired) electrons. The molecule has 3 aromatic rings. The molecule has 0 fully saturated rings. The van der Waals surface area contributed by atoms with Gasteiger partial charge >= 0.3 is 5.51 Å². The van der Waals surface area contributed by atoms with Crippen LogP contribution in [0.3, 0.4) is 0 Å². The largest absolute Gasteiger partial charge is 0.445 e. The standard InChI is InChI=1S/C18H16F3N5O2S3/c1-3-31(27,28)14-9-13(16-23-6-4-7-24-16)30-15(14)17-25-11(12(10-22)26(17)2)5-8-29-18(19,20)21/h4-10,22H,3H2,1-2H3/p+1/b8-5+,22-10?. The predicted octanol–water partition coefficient (Wildman–Crippen LogP) is 5.18. The van der Waals surface area contributed by atoms with Crippen molar-refractivity contribution in [3.05, 3.63) is 41.3 Å². The lowest BCUT2D eigenvalue weighted by Crippen LogP contribution is -2.13. The Bertz CT molecular complexity index is 1170. The predicted molar refractivity (Wildman–Crippen MR) is 118 cm³/mol. The molecule has 3 heterocycles. The van der Waals surface area contributed by atoms with E-state index in [1.54, 1.807) is 32.4 Å². The maximum Gasteiger partial charge on any atom is 0.445 e. The Morgan fingerprint density at radius 2 is 2.03 bits per heavy atom. The maximum atomic E-state index is 12.8. The maximum absolute atomic E-state index is 12.8. The van der Waals surface area contributed by atoms with E-state index in [0.29, 0.717) is 15.6 Å². The van der Waals surface area contributed by atoms with E-state index in [2.05, 4.69) is 15.0 Å². The fraction of sp³-hybridized carbons (Fsp3) is 0.222. The number of thioether (sulfide) groups is 1. The highest BCUT2D eigenvalue weighted by Crippen LogP contribution is 2.41. The van der Waals surface area contributed by atoms with Crippen LogP contribution in [-0.2, 0) is 21.5 Å². The second kappa shape index (κ2) is 9.02. The Morgan fingerprint density at radius 3 is 2.61 bits per heavy atom. The number of thiophene rings is 1. The van der Waals surface area contributed by atoms with Gasteiger partial charge in [0.15, 0.2) is 11.6 Å². The van der Waals surface area contributed by atoms with Crippen LogP contribution in [0.1, 0.15) is 18.3 Å².